The van der Waals surface area contributed by atoms with Crippen LogP contribution in [0.15, 0.2) is 6.07 Å². The van der Waals surface area contributed by atoms with Crippen LogP contribution in [0.3, 0.4) is 0 Å². The summed E-state index contributed by atoms with van der Waals surface area (Å²) in [7, 11) is 0. The van der Waals surface area contributed by atoms with Crippen LogP contribution in [0.1, 0.15) is 0 Å². The van der Waals surface area contributed by atoms with Gasteiger partial charge in [0.25, 0.3) is 0 Å². The van der Waals surface area contributed by atoms with Gasteiger partial charge >= 0.3 is 0 Å². The summed E-state index contributed by atoms with van der Waals surface area (Å²) >= 11 is 5.63. The van der Waals surface area contributed by atoms with Crippen molar-refractivity contribution >= 4 is 17.4 Å². The summed E-state index contributed by atoms with van der Waals surface area (Å²) < 4.78 is 5.20. The highest BCUT2D eigenvalue weighted by atomic mass is 35.5. The van der Waals surface area contributed by atoms with Gasteiger partial charge in [0, 0.05) is 19.2 Å². The molecule has 1 aromatic heterocycles. The fourth-order valence-corrected chi connectivity index (χ4v) is 1.52. The third-order valence-electron chi connectivity index (χ3n) is 2.01. The van der Waals surface area contributed by atoms with Crippen molar-refractivity contribution in [3.05, 3.63) is 11.3 Å². The molecule has 76 valence electrons. The van der Waals surface area contributed by atoms with Crippen LogP contribution in [-0.4, -0.2) is 41.4 Å². The molecule has 2 rings (SSSR count). The maximum Gasteiger partial charge on any atom is 0.227 e. The number of aromatic nitrogens is 2. The van der Waals surface area contributed by atoms with Crippen molar-refractivity contribution in [1.29, 1.82) is 0 Å². The van der Waals surface area contributed by atoms with E-state index in [0.717, 1.165) is 13.1 Å². The number of ether oxygens (including phenoxy) is 1. The van der Waals surface area contributed by atoms with E-state index in [2.05, 4.69) is 9.97 Å². The highest BCUT2D eigenvalue weighted by Crippen LogP contribution is 2.19. The molecule has 1 aliphatic rings. The van der Waals surface area contributed by atoms with Gasteiger partial charge in [0.05, 0.1) is 13.2 Å². The van der Waals surface area contributed by atoms with Crippen LogP contribution < -0.4 is 4.90 Å². The first-order valence-corrected chi connectivity index (χ1v) is 4.70. The Kier molecular flexibility index (Phi) is 2.69. The van der Waals surface area contributed by atoms with Gasteiger partial charge in [-0.2, -0.15) is 4.98 Å². The lowest BCUT2D eigenvalue weighted by atomic mass is 10.4. The van der Waals surface area contributed by atoms with Crippen molar-refractivity contribution in [2.24, 2.45) is 0 Å². The third-order valence-corrected chi connectivity index (χ3v) is 2.18. The lowest BCUT2D eigenvalue weighted by Crippen LogP contribution is -2.36. The molecule has 0 spiro atoms. The summed E-state index contributed by atoms with van der Waals surface area (Å²) in [5.41, 5.74) is 0. The van der Waals surface area contributed by atoms with Gasteiger partial charge in [-0.15, -0.1) is 0 Å². The fourth-order valence-electron chi connectivity index (χ4n) is 1.35. The van der Waals surface area contributed by atoms with Gasteiger partial charge < -0.3 is 14.7 Å². The number of nitrogens with zero attached hydrogens (tertiary/aromatic N) is 3. The van der Waals surface area contributed by atoms with Gasteiger partial charge in [0.15, 0.2) is 0 Å². The van der Waals surface area contributed by atoms with Crippen LogP contribution in [0.4, 0.5) is 5.82 Å². The molecule has 14 heavy (non-hydrogen) atoms. The Morgan fingerprint density at radius 2 is 2.07 bits per heavy atom. The fraction of sp³-hybridized carbons (Fsp3) is 0.500. The van der Waals surface area contributed by atoms with E-state index in [-0.39, 0.29) is 11.2 Å². The van der Waals surface area contributed by atoms with Crippen molar-refractivity contribution in [3.63, 3.8) is 0 Å². The van der Waals surface area contributed by atoms with Gasteiger partial charge in [0.1, 0.15) is 5.82 Å². The quantitative estimate of drug-likeness (QED) is 0.698. The van der Waals surface area contributed by atoms with Crippen LogP contribution >= 0.6 is 11.6 Å². The molecule has 1 aliphatic heterocycles. The van der Waals surface area contributed by atoms with Crippen LogP contribution in [0.5, 0.6) is 5.88 Å². The van der Waals surface area contributed by atoms with Gasteiger partial charge in [-0.25, -0.2) is 4.98 Å². The van der Waals surface area contributed by atoms with E-state index in [9.17, 15) is 5.11 Å². The molecule has 0 unspecified atom stereocenters. The molecule has 0 amide bonds. The Balaban J connectivity index is 2.21. The molecule has 0 aliphatic carbocycles. The van der Waals surface area contributed by atoms with Gasteiger partial charge in [-0.05, 0) is 11.6 Å². The van der Waals surface area contributed by atoms with E-state index in [1.165, 1.54) is 6.07 Å². The molecule has 0 bridgehead atoms. The predicted octanol–water partition coefficient (Wildman–Crippen LogP) is 0.672. The van der Waals surface area contributed by atoms with Crippen molar-refractivity contribution in [3.8, 4) is 5.88 Å². The molecule has 0 saturated carbocycles. The SMILES string of the molecule is Oc1cc(N2CCOCC2)nc(Cl)n1. The number of anilines is 1. The number of hydrogen-bond donors (Lipinski definition) is 1. The average Bonchev–Trinajstić information content (AvgIpc) is 2.18. The Labute approximate surface area is 86.3 Å². The summed E-state index contributed by atoms with van der Waals surface area (Å²) in [5, 5.41) is 9.29. The first-order chi connectivity index (χ1) is 6.75. The second-order valence-electron chi connectivity index (χ2n) is 2.95. The second-order valence-corrected chi connectivity index (χ2v) is 3.29. The number of rotatable bonds is 1. The normalized spacial score (nSPS) is 17.1. The number of aromatic hydroxyl groups is 1. The molecule has 1 fully saturated rings. The van der Waals surface area contributed by atoms with Gasteiger partial charge in [-0.1, -0.05) is 0 Å². The largest absolute Gasteiger partial charge is 0.493 e. The Hall–Kier alpha value is -1.07. The molecule has 1 N–H and O–H groups in total. The van der Waals surface area contributed by atoms with Gasteiger partial charge in [-0.3, -0.25) is 0 Å². The standard InChI is InChI=1S/C8H10ClN3O2/c9-8-10-6(5-7(13)11-8)12-1-3-14-4-2-12/h5H,1-4H2,(H,10,11,13). The molecule has 5 nitrogen and oxygen atoms in total. The minimum Gasteiger partial charge on any atom is -0.493 e. The van der Waals surface area contributed by atoms with E-state index in [1.807, 2.05) is 4.90 Å². The third kappa shape index (κ3) is 2.05. The molecule has 1 aromatic rings. The van der Waals surface area contributed by atoms with E-state index in [1.54, 1.807) is 0 Å². The summed E-state index contributed by atoms with van der Waals surface area (Å²) in [6.45, 7) is 2.85. The van der Waals surface area contributed by atoms with Crippen molar-refractivity contribution in [1.82, 2.24) is 9.97 Å². The number of halogens is 1. The van der Waals surface area contributed by atoms with E-state index < -0.39 is 0 Å². The Bertz CT molecular complexity index is 308. The molecule has 0 radical (unpaired) electrons. The smallest absolute Gasteiger partial charge is 0.227 e. The van der Waals surface area contributed by atoms with E-state index in [4.69, 9.17) is 16.3 Å². The Morgan fingerprint density at radius 3 is 2.71 bits per heavy atom. The molecule has 6 heteroatoms. The molecular weight excluding hydrogens is 206 g/mol. The van der Waals surface area contributed by atoms with Crippen LogP contribution in [-0.2, 0) is 4.74 Å². The summed E-state index contributed by atoms with van der Waals surface area (Å²) in [6, 6.07) is 1.50. The zero-order chi connectivity index (χ0) is 9.97. The maximum absolute atomic E-state index is 9.23. The lowest BCUT2D eigenvalue weighted by Gasteiger charge is -2.27. The maximum atomic E-state index is 9.23. The molecule has 0 aromatic carbocycles. The molecule has 0 atom stereocenters. The Morgan fingerprint density at radius 1 is 1.36 bits per heavy atom. The van der Waals surface area contributed by atoms with Crippen LogP contribution in [0, 0.1) is 0 Å². The highest BCUT2D eigenvalue weighted by molar-refractivity contribution is 6.28. The van der Waals surface area contributed by atoms with Crippen LogP contribution in [0.2, 0.25) is 5.28 Å². The van der Waals surface area contributed by atoms with Crippen molar-refractivity contribution in [2.75, 3.05) is 31.2 Å². The van der Waals surface area contributed by atoms with Crippen molar-refractivity contribution < 1.29 is 9.84 Å². The monoisotopic (exact) mass is 215 g/mol. The van der Waals surface area contributed by atoms with Gasteiger partial charge in [0.2, 0.25) is 11.2 Å². The van der Waals surface area contributed by atoms with Crippen molar-refractivity contribution in [2.45, 2.75) is 0 Å². The minimum absolute atomic E-state index is 0.0616. The summed E-state index contributed by atoms with van der Waals surface area (Å²) in [4.78, 5) is 9.60. The zero-order valence-electron chi connectivity index (χ0n) is 7.48. The zero-order valence-corrected chi connectivity index (χ0v) is 8.24. The molecule has 1 saturated heterocycles. The number of morpholine rings is 1. The van der Waals surface area contributed by atoms with Crippen LogP contribution in [0.25, 0.3) is 0 Å². The summed E-state index contributed by atoms with van der Waals surface area (Å²) in [5.74, 6) is 0.539. The number of hydrogen-bond acceptors (Lipinski definition) is 5. The topological polar surface area (TPSA) is 58.5 Å². The lowest BCUT2D eigenvalue weighted by molar-refractivity contribution is 0.122. The molecule has 2 heterocycles. The first-order valence-electron chi connectivity index (χ1n) is 4.32. The van der Waals surface area contributed by atoms with E-state index in [0.29, 0.717) is 19.0 Å². The summed E-state index contributed by atoms with van der Waals surface area (Å²) in [6.07, 6.45) is 0. The molecular formula is C8H10ClN3O2. The highest BCUT2D eigenvalue weighted by Gasteiger charge is 2.13. The minimum atomic E-state index is -0.105. The predicted molar refractivity (Wildman–Crippen MR) is 51.7 cm³/mol. The van der Waals surface area contributed by atoms with E-state index >= 15 is 0 Å². The second kappa shape index (κ2) is 3.98. The first kappa shape index (κ1) is 9.48. The average molecular weight is 216 g/mol.